The van der Waals surface area contributed by atoms with Crippen molar-refractivity contribution in [3.8, 4) is 0 Å². The van der Waals surface area contributed by atoms with Crippen LogP contribution in [0.15, 0.2) is 83.4 Å². The largest absolute Gasteiger partial charge is 0.344 e. The molecule has 0 amide bonds. The number of nitrogens with zero attached hydrogens (tertiary/aromatic N) is 2. The zero-order valence-corrected chi connectivity index (χ0v) is 28.5. The van der Waals surface area contributed by atoms with Crippen LogP contribution in [0, 0.1) is 5.41 Å². The van der Waals surface area contributed by atoms with E-state index < -0.39 is 15.5 Å². The molecule has 0 saturated carbocycles. The number of Topliss-reactive ketones (excluding diaryl/α,β-unsaturated/α-hetero) is 1. The number of ketones is 1. The minimum absolute atomic E-state index is 0.0831. The van der Waals surface area contributed by atoms with Crippen molar-refractivity contribution in [2.24, 2.45) is 5.41 Å². The third-order valence-electron chi connectivity index (χ3n) is 9.13. The summed E-state index contributed by atoms with van der Waals surface area (Å²) in [7, 11) is -4.28. The van der Waals surface area contributed by atoms with Gasteiger partial charge in [0.25, 0.3) is 10.1 Å². The van der Waals surface area contributed by atoms with Gasteiger partial charge in [-0.1, -0.05) is 71.0 Å². The molecule has 0 aliphatic carbocycles. The van der Waals surface area contributed by atoms with Gasteiger partial charge in [0, 0.05) is 59.3 Å². The van der Waals surface area contributed by atoms with E-state index in [2.05, 4.69) is 86.6 Å². The summed E-state index contributed by atoms with van der Waals surface area (Å²) in [4.78, 5) is 14.5. The van der Waals surface area contributed by atoms with E-state index >= 15 is 0 Å². The average molecular weight is 618 g/mol. The predicted molar refractivity (Wildman–Crippen MR) is 181 cm³/mol. The molecular weight excluding hydrogens is 568 g/mol. The summed E-state index contributed by atoms with van der Waals surface area (Å²) >= 11 is 0. The van der Waals surface area contributed by atoms with Crippen molar-refractivity contribution in [1.29, 1.82) is 0 Å². The van der Waals surface area contributed by atoms with Gasteiger partial charge in [0.05, 0.1) is 10.3 Å². The average Bonchev–Trinajstić information content (AvgIpc) is 3.29. The quantitative estimate of drug-likeness (QED) is 0.119. The molecule has 7 heteroatoms. The van der Waals surface area contributed by atoms with E-state index in [-0.39, 0.29) is 15.7 Å². The number of unbranched alkanes of at least 4 members (excludes halogenated alkanes) is 2. The predicted octanol–water partition coefficient (Wildman–Crippen LogP) is 8.30. The monoisotopic (exact) mass is 617 g/mol. The number of allylic oxidation sites excluding steroid dienone is 6. The van der Waals surface area contributed by atoms with Crippen LogP contribution in [0.25, 0.3) is 0 Å². The zero-order valence-electron chi connectivity index (χ0n) is 27.6. The summed E-state index contributed by atoms with van der Waals surface area (Å²) < 4.78 is 35.7. The molecule has 2 aromatic carbocycles. The van der Waals surface area contributed by atoms with Gasteiger partial charge in [-0.2, -0.15) is 13.0 Å². The first-order chi connectivity index (χ1) is 20.5. The summed E-state index contributed by atoms with van der Waals surface area (Å²) in [5, 5.41) is 0. The molecule has 0 fully saturated rings. The number of para-hydroxylation sites is 1. The highest BCUT2D eigenvalue weighted by Gasteiger charge is 2.44. The molecule has 0 aromatic heterocycles. The molecular formula is C37H49N2O4S+. The van der Waals surface area contributed by atoms with Gasteiger partial charge in [-0.3, -0.25) is 9.35 Å². The molecule has 2 aliphatic rings. The fourth-order valence-electron chi connectivity index (χ4n) is 6.50. The minimum atomic E-state index is -4.28. The number of hydrogen-bond donors (Lipinski definition) is 1. The molecule has 44 heavy (non-hydrogen) atoms. The number of likely N-dealkylation sites (N-methyl/N-ethyl adjacent to an activating group) is 1. The van der Waals surface area contributed by atoms with Crippen molar-refractivity contribution < 1.29 is 22.3 Å². The van der Waals surface area contributed by atoms with Crippen LogP contribution in [0.5, 0.6) is 0 Å². The van der Waals surface area contributed by atoms with Crippen molar-refractivity contribution in [2.75, 3.05) is 18.0 Å². The second-order valence-electron chi connectivity index (χ2n) is 14.0. The molecule has 2 heterocycles. The van der Waals surface area contributed by atoms with Crippen molar-refractivity contribution in [3.63, 3.8) is 0 Å². The Morgan fingerprint density at radius 2 is 1.64 bits per heavy atom. The Hall–Kier alpha value is -3.29. The van der Waals surface area contributed by atoms with Crippen LogP contribution in [0.1, 0.15) is 92.2 Å². The van der Waals surface area contributed by atoms with Crippen molar-refractivity contribution in [2.45, 2.75) is 96.8 Å². The molecule has 2 aliphatic heterocycles. The van der Waals surface area contributed by atoms with Crippen LogP contribution in [0.3, 0.4) is 0 Å². The van der Waals surface area contributed by atoms with Gasteiger partial charge in [-0.05, 0) is 63.5 Å². The number of hydrogen-bond acceptors (Lipinski definition) is 4. The van der Waals surface area contributed by atoms with E-state index in [1.807, 2.05) is 32.9 Å². The number of fused-ring (bicyclic) bond motifs is 2. The topological polar surface area (TPSA) is 77.7 Å². The maximum absolute atomic E-state index is 12.4. The zero-order chi connectivity index (χ0) is 32.5. The van der Waals surface area contributed by atoms with Crippen LogP contribution < -0.4 is 4.90 Å². The first-order valence-corrected chi connectivity index (χ1v) is 17.2. The van der Waals surface area contributed by atoms with Gasteiger partial charge in [-0.15, -0.1) is 0 Å². The summed E-state index contributed by atoms with van der Waals surface area (Å²) in [6.07, 6.45) is 14.1. The minimum Gasteiger partial charge on any atom is -0.344 e. The Labute approximate surface area is 264 Å². The Balaban J connectivity index is 1.55. The molecule has 4 rings (SSSR count). The first kappa shape index (κ1) is 33.6. The number of rotatable bonds is 11. The maximum Gasteiger partial charge on any atom is 0.294 e. The van der Waals surface area contributed by atoms with Crippen LogP contribution in [0.4, 0.5) is 11.4 Å². The molecule has 0 bridgehead atoms. The fourth-order valence-corrected chi connectivity index (χ4v) is 7.01. The summed E-state index contributed by atoms with van der Waals surface area (Å²) in [6.45, 7) is 18.4. The van der Waals surface area contributed by atoms with E-state index in [1.165, 1.54) is 23.0 Å². The van der Waals surface area contributed by atoms with Crippen molar-refractivity contribution in [3.05, 3.63) is 89.7 Å². The van der Waals surface area contributed by atoms with Gasteiger partial charge in [0.2, 0.25) is 5.69 Å². The van der Waals surface area contributed by atoms with E-state index in [9.17, 15) is 17.8 Å². The van der Waals surface area contributed by atoms with Gasteiger partial charge in [-0.25, -0.2) is 0 Å². The van der Waals surface area contributed by atoms with Gasteiger partial charge < -0.3 is 4.90 Å². The smallest absolute Gasteiger partial charge is 0.294 e. The molecule has 0 atom stereocenters. The summed E-state index contributed by atoms with van der Waals surface area (Å²) in [5.74, 6) is 0.330. The lowest BCUT2D eigenvalue weighted by Gasteiger charge is -2.25. The standard InChI is InChI=1S/C37H48N2O4S/c1-9-38-31-24-23-27(44(41,42)43)26-29(31)37(7,8)32(38)20-12-10-13-21-33-36(5,6)28-18-15-16-19-30(28)39(33)25-17-11-14-22-34(40)35(2,3)4/h10,12-13,15-16,18-21,23-24,26H,9,11,14,17,22,25H2,1-8H3/p+1. The fraction of sp³-hybridized carbons (Fsp3) is 0.459. The normalized spacial score (nSPS) is 18.6. The second-order valence-corrected chi connectivity index (χ2v) is 15.4. The Morgan fingerprint density at radius 3 is 2.30 bits per heavy atom. The first-order valence-electron chi connectivity index (χ1n) is 15.7. The molecule has 2 aromatic rings. The van der Waals surface area contributed by atoms with Crippen LogP contribution in [-0.4, -0.2) is 42.1 Å². The van der Waals surface area contributed by atoms with Crippen LogP contribution >= 0.6 is 0 Å². The van der Waals surface area contributed by atoms with E-state index in [0.717, 1.165) is 49.3 Å². The highest BCUT2D eigenvalue weighted by Crippen LogP contribution is 2.48. The molecule has 6 nitrogen and oxygen atoms in total. The van der Waals surface area contributed by atoms with Gasteiger partial charge in [0.1, 0.15) is 12.3 Å². The number of carbonyl (C=O) groups is 1. The Bertz CT molecular complexity index is 1650. The number of anilines is 1. The molecule has 0 saturated heterocycles. The lowest BCUT2D eigenvalue weighted by molar-refractivity contribution is -0.438. The molecule has 0 radical (unpaired) electrons. The molecule has 1 N–H and O–H groups in total. The number of carbonyl (C=O) groups excluding carboxylic acids is 1. The van der Waals surface area contributed by atoms with Crippen molar-refractivity contribution in [1.82, 2.24) is 0 Å². The summed E-state index contributed by atoms with van der Waals surface area (Å²) in [6, 6.07) is 13.5. The lowest BCUT2D eigenvalue weighted by atomic mass is 9.81. The highest BCUT2D eigenvalue weighted by molar-refractivity contribution is 7.85. The highest BCUT2D eigenvalue weighted by atomic mass is 32.2. The van der Waals surface area contributed by atoms with E-state index in [0.29, 0.717) is 12.2 Å². The second kappa shape index (κ2) is 12.6. The Morgan fingerprint density at radius 1 is 0.932 bits per heavy atom. The molecule has 0 unspecified atom stereocenters. The van der Waals surface area contributed by atoms with Crippen molar-refractivity contribution >= 4 is 33.0 Å². The van der Waals surface area contributed by atoms with E-state index in [4.69, 9.17) is 0 Å². The molecule has 236 valence electrons. The third-order valence-corrected chi connectivity index (χ3v) is 9.98. The van der Waals surface area contributed by atoms with Crippen LogP contribution in [0.2, 0.25) is 0 Å². The summed E-state index contributed by atoms with van der Waals surface area (Å²) in [5.41, 5.74) is 5.89. The van der Waals surface area contributed by atoms with Gasteiger partial charge >= 0.3 is 0 Å². The molecule has 0 spiro atoms. The van der Waals surface area contributed by atoms with Crippen LogP contribution in [-0.2, 0) is 25.7 Å². The maximum atomic E-state index is 12.4. The van der Waals surface area contributed by atoms with Gasteiger partial charge in [0.15, 0.2) is 5.71 Å². The Kier molecular flexibility index (Phi) is 9.62. The van der Waals surface area contributed by atoms with E-state index in [1.54, 1.807) is 12.1 Å². The lowest BCUT2D eigenvalue weighted by Crippen LogP contribution is -2.27. The third kappa shape index (κ3) is 6.69. The number of benzene rings is 2. The SMILES string of the molecule is CCN1C(=CC=CC=CC2=[N+](CCCCCC(=O)C(C)(C)C)c3ccccc3C2(C)C)C(C)(C)c2cc(S(=O)(=O)O)ccc21.